The summed E-state index contributed by atoms with van der Waals surface area (Å²) in [6.07, 6.45) is 7.17. The largest absolute Gasteiger partial charge is 0.465 e. The van der Waals surface area contributed by atoms with Gasteiger partial charge >= 0.3 is 5.97 Å². The fourth-order valence-electron chi connectivity index (χ4n) is 1.77. The standard InChI is InChI=1S/C15H20N4O3/c1-5-6-13(14(17-10-20)19(2)3)18-12-7-8-16-9-11(12)15(21)22-4/h5-10H,1-4H3,(H,16,18)(H,17,20)/b6-5-,14-13-. The maximum atomic E-state index is 11.8. The van der Waals surface area contributed by atoms with Crippen LogP contribution in [0.4, 0.5) is 5.69 Å². The van der Waals surface area contributed by atoms with Crippen LogP contribution in [0.1, 0.15) is 17.3 Å². The van der Waals surface area contributed by atoms with Gasteiger partial charge in [0.25, 0.3) is 0 Å². The van der Waals surface area contributed by atoms with Crippen LogP contribution in [0.2, 0.25) is 0 Å². The third-order valence-corrected chi connectivity index (χ3v) is 2.73. The third-order valence-electron chi connectivity index (χ3n) is 2.73. The number of allylic oxidation sites excluding steroid dienone is 2. The molecule has 1 rings (SSSR count). The van der Waals surface area contributed by atoms with Crippen molar-refractivity contribution in [2.24, 2.45) is 0 Å². The molecule has 1 aromatic heterocycles. The van der Waals surface area contributed by atoms with Crippen molar-refractivity contribution in [3.05, 3.63) is 47.7 Å². The van der Waals surface area contributed by atoms with E-state index in [1.165, 1.54) is 13.3 Å². The van der Waals surface area contributed by atoms with Crippen LogP contribution < -0.4 is 10.6 Å². The van der Waals surface area contributed by atoms with Crippen molar-refractivity contribution < 1.29 is 14.3 Å². The van der Waals surface area contributed by atoms with Crippen LogP contribution in [-0.2, 0) is 9.53 Å². The molecule has 0 saturated heterocycles. The molecule has 0 saturated carbocycles. The lowest BCUT2D eigenvalue weighted by atomic mass is 10.2. The quantitative estimate of drug-likeness (QED) is 0.449. The minimum absolute atomic E-state index is 0.302. The molecular formula is C15H20N4O3. The van der Waals surface area contributed by atoms with Gasteiger partial charge in [0.15, 0.2) is 0 Å². The number of rotatable bonds is 7. The van der Waals surface area contributed by atoms with Gasteiger partial charge in [0.05, 0.1) is 18.5 Å². The number of nitrogens with zero attached hydrogens (tertiary/aromatic N) is 2. The number of amides is 1. The highest BCUT2D eigenvalue weighted by molar-refractivity contribution is 5.95. The fraction of sp³-hybridized carbons (Fsp3) is 0.267. The molecule has 2 N–H and O–H groups in total. The first-order valence-corrected chi connectivity index (χ1v) is 6.59. The van der Waals surface area contributed by atoms with Crippen LogP contribution >= 0.6 is 0 Å². The van der Waals surface area contributed by atoms with Gasteiger partial charge in [0, 0.05) is 26.5 Å². The molecule has 22 heavy (non-hydrogen) atoms. The SMILES string of the molecule is C/C=C\C(Nc1ccncc1C(=O)OC)=C(/NC=O)N(C)C. The lowest BCUT2D eigenvalue weighted by Crippen LogP contribution is -2.28. The van der Waals surface area contributed by atoms with Crippen LogP contribution in [0.25, 0.3) is 0 Å². The van der Waals surface area contributed by atoms with Gasteiger partial charge in [-0.1, -0.05) is 6.08 Å². The first-order chi connectivity index (χ1) is 10.5. The first kappa shape index (κ1) is 17.2. The molecular weight excluding hydrogens is 284 g/mol. The molecule has 0 atom stereocenters. The Kier molecular flexibility index (Phi) is 6.62. The highest BCUT2D eigenvalue weighted by Gasteiger charge is 2.14. The van der Waals surface area contributed by atoms with Crippen LogP contribution in [-0.4, -0.2) is 43.5 Å². The fourth-order valence-corrected chi connectivity index (χ4v) is 1.77. The van der Waals surface area contributed by atoms with Gasteiger partial charge in [-0.3, -0.25) is 9.78 Å². The number of aromatic nitrogens is 1. The van der Waals surface area contributed by atoms with E-state index in [4.69, 9.17) is 4.74 Å². The average Bonchev–Trinajstić information content (AvgIpc) is 2.51. The topological polar surface area (TPSA) is 83.6 Å². The van der Waals surface area contributed by atoms with Crippen LogP contribution in [0.5, 0.6) is 0 Å². The van der Waals surface area contributed by atoms with Gasteiger partial charge in [0.2, 0.25) is 6.41 Å². The van der Waals surface area contributed by atoms with E-state index in [0.717, 1.165) is 0 Å². The molecule has 1 amide bonds. The summed E-state index contributed by atoms with van der Waals surface area (Å²) < 4.78 is 4.74. The molecule has 0 aromatic carbocycles. The van der Waals surface area contributed by atoms with Gasteiger partial charge in [-0.15, -0.1) is 0 Å². The normalized spacial score (nSPS) is 11.6. The number of hydrogen-bond donors (Lipinski definition) is 2. The molecule has 1 heterocycles. The Bertz CT molecular complexity index is 594. The van der Waals surface area contributed by atoms with E-state index in [2.05, 4.69) is 15.6 Å². The average molecular weight is 304 g/mol. The van der Waals surface area contributed by atoms with Crippen molar-refractivity contribution in [2.75, 3.05) is 26.5 Å². The molecule has 0 radical (unpaired) electrons. The summed E-state index contributed by atoms with van der Waals surface area (Å²) in [4.78, 5) is 28.3. The molecule has 0 fully saturated rings. The summed E-state index contributed by atoms with van der Waals surface area (Å²) in [5, 5.41) is 5.75. The Balaban J connectivity index is 3.30. The molecule has 0 bridgehead atoms. The second kappa shape index (κ2) is 8.46. The van der Waals surface area contributed by atoms with E-state index in [9.17, 15) is 9.59 Å². The summed E-state index contributed by atoms with van der Waals surface area (Å²) in [6.45, 7) is 1.85. The first-order valence-electron chi connectivity index (χ1n) is 6.59. The summed E-state index contributed by atoms with van der Waals surface area (Å²) in [5.74, 6) is 0.0610. The van der Waals surface area contributed by atoms with Gasteiger partial charge in [-0.2, -0.15) is 0 Å². The molecule has 0 unspecified atom stereocenters. The Morgan fingerprint density at radius 3 is 2.68 bits per heavy atom. The smallest absolute Gasteiger partial charge is 0.341 e. The number of esters is 1. The molecule has 118 valence electrons. The molecule has 0 spiro atoms. The summed E-state index contributed by atoms with van der Waals surface area (Å²) in [6, 6.07) is 1.66. The molecule has 7 nitrogen and oxygen atoms in total. The second-order valence-electron chi connectivity index (χ2n) is 4.46. The van der Waals surface area contributed by atoms with Crippen molar-refractivity contribution in [2.45, 2.75) is 6.92 Å². The predicted molar refractivity (Wildman–Crippen MR) is 83.9 cm³/mol. The zero-order valence-corrected chi connectivity index (χ0v) is 13.1. The summed E-state index contributed by atoms with van der Waals surface area (Å²) in [7, 11) is 4.90. The Hall–Kier alpha value is -2.83. The molecule has 7 heteroatoms. The highest BCUT2D eigenvalue weighted by Crippen LogP contribution is 2.19. The van der Waals surface area contributed by atoms with Gasteiger partial charge in [0.1, 0.15) is 11.4 Å². The van der Waals surface area contributed by atoms with E-state index in [1.54, 1.807) is 37.3 Å². The Morgan fingerprint density at radius 2 is 2.14 bits per heavy atom. The van der Waals surface area contributed by atoms with Crippen molar-refractivity contribution in [1.82, 2.24) is 15.2 Å². The number of ether oxygens (including phenoxy) is 1. The summed E-state index contributed by atoms with van der Waals surface area (Å²) >= 11 is 0. The number of anilines is 1. The third kappa shape index (κ3) is 4.34. The number of carbonyl (C=O) groups is 2. The zero-order valence-electron chi connectivity index (χ0n) is 13.1. The Labute approximate surface area is 129 Å². The lowest BCUT2D eigenvalue weighted by Gasteiger charge is -2.21. The lowest BCUT2D eigenvalue weighted by molar-refractivity contribution is -0.109. The second-order valence-corrected chi connectivity index (χ2v) is 4.46. The monoisotopic (exact) mass is 304 g/mol. The zero-order chi connectivity index (χ0) is 16.5. The van der Waals surface area contributed by atoms with E-state index in [-0.39, 0.29) is 0 Å². The van der Waals surface area contributed by atoms with Crippen LogP contribution in [0.3, 0.4) is 0 Å². The predicted octanol–water partition coefficient (Wildman–Crippen LogP) is 1.33. The maximum Gasteiger partial charge on any atom is 0.341 e. The van der Waals surface area contributed by atoms with Gasteiger partial charge < -0.3 is 20.3 Å². The number of pyridine rings is 1. The van der Waals surface area contributed by atoms with Gasteiger partial charge in [-0.25, -0.2) is 4.79 Å². The number of hydrogen-bond acceptors (Lipinski definition) is 6. The minimum Gasteiger partial charge on any atom is -0.465 e. The molecule has 0 aliphatic heterocycles. The number of carbonyl (C=O) groups excluding carboxylic acids is 2. The molecule has 0 aliphatic carbocycles. The van der Waals surface area contributed by atoms with E-state index >= 15 is 0 Å². The molecule has 0 aliphatic rings. The van der Waals surface area contributed by atoms with E-state index < -0.39 is 5.97 Å². The maximum absolute atomic E-state index is 11.8. The Morgan fingerprint density at radius 1 is 1.41 bits per heavy atom. The highest BCUT2D eigenvalue weighted by atomic mass is 16.5. The van der Waals surface area contributed by atoms with Crippen molar-refractivity contribution >= 4 is 18.1 Å². The van der Waals surface area contributed by atoms with Crippen molar-refractivity contribution in [3.63, 3.8) is 0 Å². The van der Waals surface area contributed by atoms with Crippen LogP contribution in [0.15, 0.2) is 42.1 Å². The van der Waals surface area contributed by atoms with Crippen molar-refractivity contribution in [3.8, 4) is 0 Å². The summed E-state index contributed by atoms with van der Waals surface area (Å²) in [5.41, 5.74) is 1.45. The van der Waals surface area contributed by atoms with Crippen LogP contribution in [0, 0.1) is 0 Å². The van der Waals surface area contributed by atoms with E-state index in [0.29, 0.717) is 29.2 Å². The molecule has 1 aromatic rings. The van der Waals surface area contributed by atoms with Gasteiger partial charge in [-0.05, 0) is 19.1 Å². The number of methoxy groups -OCH3 is 1. The van der Waals surface area contributed by atoms with Crippen molar-refractivity contribution in [1.29, 1.82) is 0 Å². The minimum atomic E-state index is -0.495. The number of nitrogens with one attached hydrogen (secondary N) is 2. The van der Waals surface area contributed by atoms with E-state index in [1.807, 2.05) is 13.0 Å².